The van der Waals surface area contributed by atoms with Crippen molar-refractivity contribution < 1.29 is 14.3 Å². The number of hydrogen-bond donors (Lipinski definition) is 1. The van der Waals surface area contributed by atoms with Gasteiger partial charge >= 0.3 is 0 Å². The fourth-order valence-corrected chi connectivity index (χ4v) is 3.50. The molecule has 1 aliphatic carbocycles. The van der Waals surface area contributed by atoms with Gasteiger partial charge in [-0.2, -0.15) is 0 Å². The summed E-state index contributed by atoms with van der Waals surface area (Å²) in [6.45, 7) is 3.98. The van der Waals surface area contributed by atoms with Gasteiger partial charge in [-0.05, 0) is 44.9 Å². The van der Waals surface area contributed by atoms with Crippen LogP contribution in [0, 0.1) is 0 Å². The summed E-state index contributed by atoms with van der Waals surface area (Å²) in [7, 11) is 1.64. The number of nitrogens with one attached hydrogen (secondary N) is 1. The Labute approximate surface area is 153 Å². The largest absolute Gasteiger partial charge is 0.493 e. The second-order valence-electron chi connectivity index (χ2n) is 7.08. The van der Waals surface area contributed by atoms with E-state index in [9.17, 15) is 4.79 Å². The molecule has 0 saturated heterocycles. The molecule has 2 aliphatic rings. The molecule has 1 fully saturated rings. The highest BCUT2D eigenvalue weighted by atomic mass is 16.5. The lowest BCUT2D eigenvalue weighted by Gasteiger charge is -2.39. The molecule has 5 nitrogen and oxygen atoms in total. The monoisotopic (exact) mass is 352 g/mol. The van der Waals surface area contributed by atoms with Gasteiger partial charge in [-0.25, -0.2) is 0 Å². The Bertz CT molecular complexity index is 830. The number of methoxy groups -OCH3 is 1. The molecular weight excluding hydrogens is 328 g/mol. The average Bonchev–Trinajstić information content (AvgIpc) is 3.46. The van der Waals surface area contributed by atoms with Crippen molar-refractivity contribution in [1.29, 1.82) is 0 Å². The van der Waals surface area contributed by atoms with Gasteiger partial charge in [0.1, 0.15) is 6.17 Å². The van der Waals surface area contributed by atoms with Crippen LogP contribution in [0.3, 0.4) is 0 Å². The lowest BCUT2D eigenvalue weighted by molar-refractivity contribution is 0.0662. The smallest absolute Gasteiger partial charge is 0.258 e. The Morgan fingerprint density at radius 2 is 1.88 bits per heavy atom. The third-order valence-electron chi connectivity index (χ3n) is 4.78. The molecule has 4 rings (SSSR count). The molecular formula is C21H24N2O3. The highest BCUT2D eigenvalue weighted by Crippen LogP contribution is 2.45. The molecule has 0 aromatic heterocycles. The normalized spacial score (nSPS) is 19.2. The standard InChI is InChI=1S/C21H24N2O3/c1-13(2)26-19-16(8-6-10-18(19)25-3)20-22-17-9-5-4-7-15(17)21(24)23(20)14-11-12-14/h4-10,13-14,20,22H,11-12H2,1-3H3/t20-/m1/s1. The number of anilines is 1. The second-order valence-corrected chi connectivity index (χ2v) is 7.08. The molecule has 1 N–H and O–H groups in total. The lowest BCUT2D eigenvalue weighted by Crippen LogP contribution is -2.44. The molecule has 0 spiro atoms. The van der Waals surface area contributed by atoms with Crippen LogP contribution in [0.25, 0.3) is 0 Å². The minimum absolute atomic E-state index is 0.00556. The molecule has 1 saturated carbocycles. The summed E-state index contributed by atoms with van der Waals surface area (Å²) in [5.74, 6) is 1.45. The number of nitrogens with zero attached hydrogens (tertiary/aromatic N) is 1. The third kappa shape index (κ3) is 2.87. The highest BCUT2D eigenvalue weighted by molar-refractivity contribution is 6.02. The Morgan fingerprint density at radius 3 is 2.58 bits per heavy atom. The first kappa shape index (κ1) is 16.8. The van der Waals surface area contributed by atoms with Crippen LogP contribution >= 0.6 is 0 Å². The highest BCUT2D eigenvalue weighted by Gasteiger charge is 2.43. The van der Waals surface area contributed by atoms with E-state index in [1.165, 1.54) is 0 Å². The van der Waals surface area contributed by atoms with Gasteiger partial charge in [0.2, 0.25) is 0 Å². The topological polar surface area (TPSA) is 50.8 Å². The number of carbonyl (C=O) groups excluding carboxylic acids is 1. The van der Waals surface area contributed by atoms with Crippen molar-refractivity contribution in [2.75, 3.05) is 12.4 Å². The van der Waals surface area contributed by atoms with Gasteiger partial charge in [-0.3, -0.25) is 4.79 Å². The first-order valence-electron chi connectivity index (χ1n) is 9.12. The summed E-state index contributed by atoms with van der Waals surface area (Å²) < 4.78 is 11.6. The van der Waals surface area contributed by atoms with Crippen LogP contribution in [0.15, 0.2) is 42.5 Å². The predicted molar refractivity (Wildman–Crippen MR) is 101 cm³/mol. The molecule has 0 unspecified atom stereocenters. The zero-order chi connectivity index (χ0) is 18.3. The van der Waals surface area contributed by atoms with Gasteiger partial charge in [0.05, 0.1) is 18.8 Å². The van der Waals surface area contributed by atoms with E-state index in [4.69, 9.17) is 9.47 Å². The van der Waals surface area contributed by atoms with E-state index >= 15 is 0 Å². The third-order valence-corrected chi connectivity index (χ3v) is 4.78. The quantitative estimate of drug-likeness (QED) is 0.876. The minimum Gasteiger partial charge on any atom is -0.493 e. The Morgan fingerprint density at radius 1 is 1.12 bits per heavy atom. The Balaban J connectivity index is 1.82. The van der Waals surface area contributed by atoms with E-state index in [1.807, 2.05) is 61.2 Å². The number of para-hydroxylation sites is 2. The van der Waals surface area contributed by atoms with Crippen LogP contribution in [-0.4, -0.2) is 30.1 Å². The van der Waals surface area contributed by atoms with Gasteiger partial charge in [-0.15, -0.1) is 0 Å². The molecule has 0 radical (unpaired) electrons. The maximum absolute atomic E-state index is 13.2. The number of amides is 1. The molecule has 26 heavy (non-hydrogen) atoms. The van der Waals surface area contributed by atoms with E-state index < -0.39 is 0 Å². The van der Waals surface area contributed by atoms with E-state index in [0.29, 0.717) is 11.5 Å². The summed E-state index contributed by atoms with van der Waals surface area (Å²) in [6.07, 6.45) is 1.81. The van der Waals surface area contributed by atoms with Crippen LogP contribution in [0.5, 0.6) is 11.5 Å². The summed E-state index contributed by atoms with van der Waals surface area (Å²) in [6, 6.07) is 13.8. The molecule has 1 aliphatic heterocycles. The molecule has 1 atom stereocenters. The fourth-order valence-electron chi connectivity index (χ4n) is 3.50. The second kappa shape index (κ2) is 6.56. The van der Waals surface area contributed by atoms with E-state index in [0.717, 1.165) is 29.7 Å². The first-order chi connectivity index (χ1) is 12.6. The number of carbonyl (C=O) groups is 1. The van der Waals surface area contributed by atoms with Crippen molar-refractivity contribution in [1.82, 2.24) is 4.90 Å². The summed E-state index contributed by atoms with van der Waals surface area (Å²) >= 11 is 0. The zero-order valence-electron chi connectivity index (χ0n) is 15.4. The first-order valence-corrected chi connectivity index (χ1v) is 9.12. The minimum atomic E-state index is -0.270. The fraction of sp³-hybridized carbons (Fsp3) is 0.381. The van der Waals surface area contributed by atoms with Crippen molar-refractivity contribution in [3.63, 3.8) is 0 Å². The van der Waals surface area contributed by atoms with Crippen LogP contribution in [-0.2, 0) is 0 Å². The molecule has 5 heteroatoms. The van der Waals surface area contributed by atoms with Crippen molar-refractivity contribution >= 4 is 11.6 Å². The SMILES string of the molecule is COc1cccc([C@@H]2Nc3ccccc3C(=O)N2C2CC2)c1OC(C)C. The average molecular weight is 352 g/mol. The number of rotatable bonds is 5. The number of benzene rings is 2. The van der Waals surface area contributed by atoms with Crippen molar-refractivity contribution in [2.24, 2.45) is 0 Å². The predicted octanol–water partition coefficient (Wildman–Crippen LogP) is 4.21. The van der Waals surface area contributed by atoms with Gasteiger partial charge in [0.15, 0.2) is 11.5 Å². The van der Waals surface area contributed by atoms with E-state index in [1.54, 1.807) is 7.11 Å². The molecule has 1 heterocycles. The summed E-state index contributed by atoms with van der Waals surface area (Å²) in [4.78, 5) is 15.1. The molecule has 136 valence electrons. The van der Waals surface area contributed by atoms with Gasteiger partial charge in [0, 0.05) is 17.3 Å². The van der Waals surface area contributed by atoms with Crippen LogP contribution in [0.2, 0.25) is 0 Å². The van der Waals surface area contributed by atoms with Gasteiger partial charge < -0.3 is 19.7 Å². The molecule has 0 bridgehead atoms. The van der Waals surface area contributed by atoms with Crippen molar-refractivity contribution in [3.05, 3.63) is 53.6 Å². The molecule has 2 aromatic carbocycles. The Hall–Kier alpha value is -2.69. The number of ether oxygens (including phenoxy) is 2. The maximum Gasteiger partial charge on any atom is 0.258 e. The lowest BCUT2D eigenvalue weighted by atomic mass is 10.0. The molecule has 1 amide bonds. The van der Waals surface area contributed by atoms with Crippen LogP contribution in [0.1, 0.15) is 48.8 Å². The van der Waals surface area contributed by atoms with Crippen molar-refractivity contribution in [2.45, 2.75) is 45.0 Å². The van der Waals surface area contributed by atoms with Crippen molar-refractivity contribution in [3.8, 4) is 11.5 Å². The molecule has 2 aromatic rings. The van der Waals surface area contributed by atoms with Gasteiger partial charge in [-0.1, -0.05) is 24.3 Å². The summed E-state index contributed by atoms with van der Waals surface area (Å²) in [5, 5.41) is 3.55. The van der Waals surface area contributed by atoms with E-state index in [2.05, 4.69) is 5.32 Å². The van der Waals surface area contributed by atoms with E-state index in [-0.39, 0.29) is 24.2 Å². The maximum atomic E-state index is 13.2. The van der Waals surface area contributed by atoms with Crippen LogP contribution < -0.4 is 14.8 Å². The number of fused-ring (bicyclic) bond motifs is 1. The van der Waals surface area contributed by atoms with Gasteiger partial charge in [0.25, 0.3) is 5.91 Å². The number of hydrogen-bond acceptors (Lipinski definition) is 4. The zero-order valence-corrected chi connectivity index (χ0v) is 15.4. The Kier molecular flexibility index (Phi) is 4.23. The summed E-state index contributed by atoms with van der Waals surface area (Å²) in [5.41, 5.74) is 2.51. The van der Waals surface area contributed by atoms with Crippen LogP contribution in [0.4, 0.5) is 5.69 Å².